The van der Waals surface area contributed by atoms with Crippen molar-refractivity contribution in [2.45, 2.75) is 6.04 Å². The van der Waals surface area contributed by atoms with Crippen molar-refractivity contribution in [1.82, 2.24) is 9.03 Å². The summed E-state index contributed by atoms with van der Waals surface area (Å²) in [6, 6.07) is 16.3. The standard InChI is InChI=1S/C16H20N2O3S/c1-18(2)22(19,20)17-16(13-8-5-4-6-9-13)14-10-7-11-15(12-14)21-3/h4-12,16-17H,1-3H3/t16-/m1/s1. The maximum Gasteiger partial charge on any atom is 0.279 e. The van der Waals surface area contributed by atoms with E-state index in [4.69, 9.17) is 4.74 Å². The first kappa shape index (κ1) is 16.5. The molecule has 22 heavy (non-hydrogen) atoms. The Morgan fingerprint density at radius 2 is 1.64 bits per heavy atom. The van der Waals surface area contributed by atoms with E-state index < -0.39 is 16.3 Å². The van der Waals surface area contributed by atoms with Gasteiger partial charge in [0.25, 0.3) is 10.2 Å². The molecule has 1 N–H and O–H groups in total. The van der Waals surface area contributed by atoms with E-state index in [0.717, 1.165) is 15.4 Å². The molecule has 6 heteroatoms. The SMILES string of the molecule is COc1cccc([C@H](NS(=O)(=O)N(C)C)c2ccccc2)c1. The summed E-state index contributed by atoms with van der Waals surface area (Å²) in [7, 11) is 1.01. The first-order chi connectivity index (χ1) is 10.4. The topological polar surface area (TPSA) is 58.6 Å². The third kappa shape index (κ3) is 3.85. The van der Waals surface area contributed by atoms with Gasteiger partial charge in [-0.3, -0.25) is 0 Å². The second kappa shape index (κ2) is 6.91. The van der Waals surface area contributed by atoms with E-state index >= 15 is 0 Å². The third-order valence-electron chi connectivity index (χ3n) is 3.31. The van der Waals surface area contributed by atoms with Gasteiger partial charge in [0.05, 0.1) is 13.2 Å². The van der Waals surface area contributed by atoms with E-state index in [9.17, 15) is 8.42 Å². The van der Waals surface area contributed by atoms with Crippen molar-refractivity contribution in [2.24, 2.45) is 0 Å². The van der Waals surface area contributed by atoms with Gasteiger partial charge in [-0.05, 0) is 23.3 Å². The van der Waals surface area contributed by atoms with Crippen LogP contribution in [0.2, 0.25) is 0 Å². The van der Waals surface area contributed by atoms with Crippen molar-refractivity contribution < 1.29 is 13.2 Å². The van der Waals surface area contributed by atoms with E-state index in [1.54, 1.807) is 7.11 Å². The molecule has 0 bridgehead atoms. The molecule has 1 atom stereocenters. The van der Waals surface area contributed by atoms with Gasteiger partial charge in [0.2, 0.25) is 0 Å². The lowest BCUT2D eigenvalue weighted by Gasteiger charge is -2.22. The zero-order valence-electron chi connectivity index (χ0n) is 12.9. The molecule has 2 rings (SSSR count). The summed E-state index contributed by atoms with van der Waals surface area (Å²) in [6.07, 6.45) is 0. The summed E-state index contributed by atoms with van der Waals surface area (Å²) in [4.78, 5) is 0. The molecule has 0 aliphatic rings. The Morgan fingerprint density at radius 1 is 1.00 bits per heavy atom. The quantitative estimate of drug-likeness (QED) is 0.887. The van der Waals surface area contributed by atoms with Gasteiger partial charge in [-0.1, -0.05) is 42.5 Å². The molecule has 0 aliphatic carbocycles. The van der Waals surface area contributed by atoms with Crippen LogP contribution in [-0.2, 0) is 10.2 Å². The lowest BCUT2D eigenvalue weighted by molar-refractivity contribution is 0.413. The highest BCUT2D eigenvalue weighted by atomic mass is 32.2. The van der Waals surface area contributed by atoms with Crippen LogP contribution in [0.25, 0.3) is 0 Å². The molecule has 0 aliphatic heterocycles. The molecular formula is C16H20N2O3S. The Bertz CT molecular complexity index is 715. The summed E-state index contributed by atoms with van der Waals surface area (Å²) >= 11 is 0. The van der Waals surface area contributed by atoms with Gasteiger partial charge in [-0.15, -0.1) is 0 Å². The van der Waals surface area contributed by atoms with E-state index in [1.165, 1.54) is 14.1 Å². The number of nitrogens with zero attached hydrogens (tertiary/aromatic N) is 1. The molecule has 2 aromatic carbocycles. The second-order valence-corrected chi connectivity index (χ2v) is 6.94. The number of benzene rings is 2. The molecule has 0 fully saturated rings. The minimum atomic E-state index is -3.57. The summed E-state index contributed by atoms with van der Waals surface area (Å²) in [5, 5.41) is 0. The van der Waals surface area contributed by atoms with Crippen molar-refractivity contribution >= 4 is 10.2 Å². The molecule has 0 amide bonds. The minimum absolute atomic E-state index is 0.483. The lowest BCUT2D eigenvalue weighted by Crippen LogP contribution is -2.38. The van der Waals surface area contributed by atoms with Crippen LogP contribution < -0.4 is 9.46 Å². The molecule has 5 nitrogen and oxygen atoms in total. The molecule has 0 aromatic heterocycles. The first-order valence-electron chi connectivity index (χ1n) is 6.82. The van der Waals surface area contributed by atoms with E-state index in [0.29, 0.717) is 5.75 Å². The number of ether oxygens (including phenoxy) is 1. The Kier molecular flexibility index (Phi) is 5.18. The summed E-state index contributed by atoms with van der Waals surface area (Å²) in [5.41, 5.74) is 1.68. The Balaban J connectivity index is 2.46. The predicted molar refractivity (Wildman–Crippen MR) is 87.0 cm³/mol. The maximum absolute atomic E-state index is 12.2. The van der Waals surface area contributed by atoms with Crippen molar-refractivity contribution in [3.63, 3.8) is 0 Å². The predicted octanol–water partition coefficient (Wildman–Crippen LogP) is 2.18. The second-order valence-electron chi connectivity index (χ2n) is 5.03. The lowest BCUT2D eigenvalue weighted by atomic mass is 9.99. The summed E-state index contributed by atoms with van der Waals surface area (Å²) in [5.74, 6) is 0.683. The van der Waals surface area contributed by atoms with E-state index in [1.807, 2.05) is 54.6 Å². The normalized spacial score (nSPS) is 13.1. The van der Waals surface area contributed by atoms with Crippen molar-refractivity contribution in [1.29, 1.82) is 0 Å². The van der Waals surface area contributed by atoms with Crippen LogP contribution in [0.3, 0.4) is 0 Å². The van der Waals surface area contributed by atoms with Crippen LogP contribution in [0.5, 0.6) is 5.75 Å². The van der Waals surface area contributed by atoms with E-state index in [-0.39, 0.29) is 0 Å². The summed E-state index contributed by atoms with van der Waals surface area (Å²) < 4.78 is 33.6. The molecule has 0 unspecified atom stereocenters. The number of methoxy groups -OCH3 is 1. The number of nitrogens with one attached hydrogen (secondary N) is 1. The molecule has 2 aromatic rings. The molecule has 0 radical (unpaired) electrons. The van der Waals surface area contributed by atoms with Gasteiger partial charge in [0, 0.05) is 14.1 Å². The Labute approximate surface area is 131 Å². The van der Waals surface area contributed by atoms with Gasteiger partial charge in [-0.2, -0.15) is 17.4 Å². The summed E-state index contributed by atoms with van der Waals surface area (Å²) in [6.45, 7) is 0. The van der Waals surface area contributed by atoms with Gasteiger partial charge in [0.1, 0.15) is 5.75 Å². The highest BCUT2D eigenvalue weighted by molar-refractivity contribution is 7.87. The Morgan fingerprint density at radius 3 is 2.23 bits per heavy atom. The molecule has 0 spiro atoms. The zero-order valence-corrected chi connectivity index (χ0v) is 13.7. The fourth-order valence-electron chi connectivity index (χ4n) is 2.05. The number of rotatable bonds is 6. The highest BCUT2D eigenvalue weighted by Crippen LogP contribution is 2.26. The third-order valence-corrected chi connectivity index (χ3v) is 4.80. The molecule has 118 valence electrons. The van der Waals surface area contributed by atoms with Crippen molar-refractivity contribution in [3.05, 3.63) is 65.7 Å². The van der Waals surface area contributed by atoms with Crippen LogP contribution in [0, 0.1) is 0 Å². The number of hydrogen-bond donors (Lipinski definition) is 1. The van der Waals surface area contributed by atoms with Crippen LogP contribution in [-0.4, -0.2) is 33.9 Å². The van der Waals surface area contributed by atoms with Crippen LogP contribution >= 0.6 is 0 Å². The number of hydrogen-bond acceptors (Lipinski definition) is 3. The van der Waals surface area contributed by atoms with Crippen LogP contribution in [0.1, 0.15) is 17.2 Å². The average Bonchev–Trinajstić information content (AvgIpc) is 2.53. The minimum Gasteiger partial charge on any atom is -0.497 e. The molecular weight excluding hydrogens is 300 g/mol. The first-order valence-corrected chi connectivity index (χ1v) is 8.26. The average molecular weight is 320 g/mol. The van der Waals surface area contributed by atoms with Crippen LogP contribution in [0.15, 0.2) is 54.6 Å². The highest BCUT2D eigenvalue weighted by Gasteiger charge is 2.23. The van der Waals surface area contributed by atoms with Gasteiger partial charge in [-0.25, -0.2) is 0 Å². The van der Waals surface area contributed by atoms with Crippen LogP contribution in [0.4, 0.5) is 0 Å². The van der Waals surface area contributed by atoms with Crippen molar-refractivity contribution in [3.8, 4) is 5.75 Å². The van der Waals surface area contributed by atoms with Gasteiger partial charge in [0.15, 0.2) is 0 Å². The maximum atomic E-state index is 12.2. The largest absolute Gasteiger partial charge is 0.497 e. The van der Waals surface area contributed by atoms with E-state index in [2.05, 4.69) is 4.72 Å². The molecule has 0 saturated carbocycles. The fraction of sp³-hybridized carbons (Fsp3) is 0.250. The fourth-order valence-corrected chi connectivity index (χ4v) is 2.83. The Hall–Kier alpha value is -1.89. The monoisotopic (exact) mass is 320 g/mol. The zero-order chi connectivity index (χ0) is 16.2. The van der Waals surface area contributed by atoms with Gasteiger partial charge < -0.3 is 4.74 Å². The molecule has 0 saturated heterocycles. The smallest absolute Gasteiger partial charge is 0.279 e. The molecule has 0 heterocycles. The van der Waals surface area contributed by atoms with Gasteiger partial charge >= 0.3 is 0 Å². The van der Waals surface area contributed by atoms with Crippen molar-refractivity contribution in [2.75, 3.05) is 21.2 Å².